The van der Waals surface area contributed by atoms with Gasteiger partial charge in [0.1, 0.15) is 0 Å². The van der Waals surface area contributed by atoms with E-state index in [1.807, 2.05) is 6.07 Å². The average Bonchev–Trinajstić information content (AvgIpc) is 2.38. The van der Waals surface area contributed by atoms with Gasteiger partial charge in [0.15, 0.2) is 0 Å². The molecule has 0 aliphatic carbocycles. The molecule has 2 rings (SSSR count). The first-order chi connectivity index (χ1) is 8.63. The highest BCUT2D eigenvalue weighted by Crippen LogP contribution is 2.31. The predicted molar refractivity (Wildman–Crippen MR) is 79.9 cm³/mol. The fraction of sp³-hybridized carbons (Fsp3) is 0.500. The van der Waals surface area contributed by atoms with E-state index in [0.717, 1.165) is 28.6 Å². The Morgan fingerprint density at radius 1 is 1.50 bits per heavy atom. The van der Waals surface area contributed by atoms with Gasteiger partial charge in [0, 0.05) is 34.8 Å². The van der Waals surface area contributed by atoms with Gasteiger partial charge < -0.3 is 10.6 Å². The summed E-state index contributed by atoms with van der Waals surface area (Å²) in [6.07, 6.45) is 3.47. The number of halogens is 1. The average molecular weight is 361 g/mol. The monoisotopic (exact) mass is 361 g/mol. The van der Waals surface area contributed by atoms with Crippen LogP contribution < -0.4 is 10.6 Å². The second-order valence-corrected chi connectivity index (χ2v) is 5.63. The van der Waals surface area contributed by atoms with E-state index in [9.17, 15) is 10.1 Å². The molecule has 0 radical (unpaired) electrons. The molecule has 0 saturated carbocycles. The largest absolute Gasteiger partial charge is 0.366 e. The van der Waals surface area contributed by atoms with E-state index in [1.165, 1.54) is 6.42 Å². The standard InChI is InChI=1S/C12H16IN3O2/c13-11-7-9(16(17)18)4-5-12(11)15-6-2-1-3-10(15)8-14/h4-5,7,10H,1-3,6,8,14H2. The fourth-order valence-corrected chi connectivity index (χ4v) is 3.21. The minimum atomic E-state index is -0.359. The predicted octanol–water partition coefficient (Wildman–Crippen LogP) is 2.52. The number of rotatable bonds is 3. The first-order valence-electron chi connectivity index (χ1n) is 6.04. The summed E-state index contributed by atoms with van der Waals surface area (Å²) in [5.41, 5.74) is 7.02. The van der Waals surface area contributed by atoms with Crippen molar-refractivity contribution in [2.45, 2.75) is 25.3 Å². The van der Waals surface area contributed by atoms with Crippen LogP contribution in [0.5, 0.6) is 0 Å². The van der Waals surface area contributed by atoms with Crippen molar-refractivity contribution in [1.29, 1.82) is 0 Å². The van der Waals surface area contributed by atoms with Gasteiger partial charge in [-0.3, -0.25) is 10.1 Å². The van der Waals surface area contributed by atoms with Crippen LogP contribution in [0.15, 0.2) is 18.2 Å². The first-order valence-corrected chi connectivity index (χ1v) is 7.12. The van der Waals surface area contributed by atoms with Crippen LogP contribution in [0.4, 0.5) is 11.4 Å². The molecular weight excluding hydrogens is 345 g/mol. The molecule has 5 nitrogen and oxygen atoms in total. The van der Waals surface area contributed by atoms with Crippen LogP contribution in [0.2, 0.25) is 0 Å². The lowest BCUT2D eigenvalue weighted by molar-refractivity contribution is -0.384. The smallest absolute Gasteiger partial charge is 0.270 e. The van der Waals surface area contributed by atoms with Gasteiger partial charge >= 0.3 is 0 Å². The summed E-state index contributed by atoms with van der Waals surface area (Å²) >= 11 is 2.16. The van der Waals surface area contributed by atoms with Crippen LogP contribution in [0, 0.1) is 13.7 Å². The molecule has 1 heterocycles. The lowest BCUT2D eigenvalue weighted by Gasteiger charge is -2.37. The van der Waals surface area contributed by atoms with Crippen molar-refractivity contribution in [2.24, 2.45) is 5.73 Å². The number of hydrogen-bond donors (Lipinski definition) is 1. The fourth-order valence-electron chi connectivity index (χ4n) is 2.41. The van der Waals surface area contributed by atoms with Crippen molar-refractivity contribution < 1.29 is 4.92 Å². The van der Waals surface area contributed by atoms with Gasteiger partial charge in [-0.2, -0.15) is 0 Å². The molecule has 0 spiro atoms. The maximum absolute atomic E-state index is 10.7. The molecular formula is C12H16IN3O2. The zero-order chi connectivity index (χ0) is 13.1. The van der Waals surface area contributed by atoms with Crippen LogP contribution in [0.3, 0.4) is 0 Å². The summed E-state index contributed by atoms with van der Waals surface area (Å²) in [4.78, 5) is 12.7. The molecule has 6 heteroatoms. The zero-order valence-corrected chi connectivity index (χ0v) is 12.2. The van der Waals surface area contributed by atoms with E-state index < -0.39 is 0 Å². The highest BCUT2D eigenvalue weighted by Gasteiger charge is 2.23. The second kappa shape index (κ2) is 5.83. The van der Waals surface area contributed by atoms with Crippen LogP contribution in [0.1, 0.15) is 19.3 Å². The summed E-state index contributed by atoms with van der Waals surface area (Å²) in [7, 11) is 0. The van der Waals surface area contributed by atoms with Crippen molar-refractivity contribution in [1.82, 2.24) is 0 Å². The number of nitrogens with zero attached hydrogens (tertiary/aromatic N) is 2. The van der Waals surface area contributed by atoms with Gasteiger partial charge in [0.25, 0.3) is 5.69 Å². The molecule has 2 N–H and O–H groups in total. The van der Waals surface area contributed by atoms with Gasteiger partial charge in [-0.25, -0.2) is 0 Å². The number of nitro groups is 1. The highest BCUT2D eigenvalue weighted by atomic mass is 127. The lowest BCUT2D eigenvalue weighted by atomic mass is 10.0. The van der Waals surface area contributed by atoms with Gasteiger partial charge in [0.2, 0.25) is 0 Å². The normalized spacial score (nSPS) is 19.9. The van der Waals surface area contributed by atoms with E-state index in [4.69, 9.17) is 5.73 Å². The van der Waals surface area contributed by atoms with Crippen LogP contribution >= 0.6 is 22.6 Å². The van der Waals surface area contributed by atoms with E-state index in [1.54, 1.807) is 12.1 Å². The summed E-state index contributed by atoms with van der Waals surface area (Å²) in [5.74, 6) is 0. The number of benzene rings is 1. The number of nitrogens with two attached hydrogens (primary N) is 1. The van der Waals surface area contributed by atoms with Crippen molar-refractivity contribution >= 4 is 34.0 Å². The molecule has 1 aromatic rings. The Morgan fingerprint density at radius 3 is 2.89 bits per heavy atom. The number of piperidine rings is 1. The summed E-state index contributed by atoms with van der Waals surface area (Å²) < 4.78 is 0.919. The van der Waals surface area contributed by atoms with Crippen molar-refractivity contribution in [3.8, 4) is 0 Å². The van der Waals surface area contributed by atoms with Crippen molar-refractivity contribution in [2.75, 3.05) is 18.0 Å². The molecule has 1 aromatic carbocycles. The maximum atomic E-state index is 10.7. The van der Waals surface area contributed by atoms with E-state index in [-0.39, 0.29) is 10.6 Å². The van der Waals surface area contributed by atoms with E-state index in [2.05, 4.69) is 27.5 Å². The third kappa shape index (κ3) is 2.74. The Kier molecular flexibility index (Phi) is 4.39. The Morgan fingerprint density at radius 2 is 2.28 bits per heavy atom. The van der Waals surface area contributed by atoms with Crippen LogP contribution in [0.25, 0.3) is 0 Å². The summed E-state index contributed by atoms with van der Waals surface area (Å²) in [6.45, 7) is 1.61. The quantitative estimate of drug-likeness (QED) is 0.510. The highest BCUT2D eigenvalue weighted by molar-refractivity contribution is 14.1. The molecule has 1 aliphatic rings. The summed E-state index contributed by atoms with van der Waals surface area (Å²) in [5, 5.41) is 10.7. The van der Waals surface area contributed by atoms with Crippen molar-refractivity contribution in [3.05, 3.63) is 31.9 Å². The molecule has 0 aromatic heterocycles. The minimum absolute atomic E-state index is 0.143. The Labute approximate surface area is 120 Å². The van der Waals surface area contributed by atoms with Gasteiger partial charge in [-0.15, -0.1) is 0 Å². The zero-order valence-electron chi connectivity index (χ0n) is 10.0. The summed E-state index contributed by atoms with van der Waals surface area (Å²) in [6, 6.07) is 5.39. The Balaban J connectivity index is 2.29. The third-order valence-corrected chi connectivity index (χ3v) is 4.21. The van der Waals surface area contributed by atoms with Crippen molar-refractivity contribution in [3.63, 3.8) is 0 Å². The maximum Gasteiger partial charge on any atom is 0.270 e. The molecule has 1 aliphatic heterocycles. The molecule has 18 heavy (non-hydrogen) atoms. The topological polar surface area (TPSA) is 72.4 Å². The lowest BCUT2D eigenvalue weighted by Crippen LogP contribution is -2.44. The van der Waals surface area contributed by atoms with Gasteiger partial charge in [0.05, 0.1) is 10.6 Å². The molecule has 98 valence electrons. The van der Waals surface area contributed by atoms with Crippen LogP contribution in [-0.4, -0.2) is 24.1 Å². The van der Waals surface area contributed by atoms with Crippen LogP contribution in [-0.2, 0) is 0 Å². The number of nitro benzene ring substituents is 1. The molecule has 0 bridgehead atoms. The molecule has 0 amide bonds. The molecule has 1 unspecified atom stereocenters. The molecule has 1 fully saturated rings. The second-order valence-electron chi connectivity index (χ2n) is 4.47. The third-order valence-electron chi connectivity index (χ3n) is 3.35. The Bertz CT molecular complexity index is 453. The van der Waals surface area contributed by atoms with Gasteiger partial charge in [-0.1, -0.05) is 0 Å². The number of anilines is 1. The van der Waals surface area contributed by atoms with E-state index in [0.29, 0.717) is 12.6 Å². The Hall–Kier alpha value is -0.890. The number of hydrogen-bond acceptors (Lipinski definition) is 4. The van der Waals surface area contributed by atoms with E-state index >= 15 is 0 Å². The SMILES string of the molecule is NCC1CCCCN1c1ccc([N+](=O)[O-])cc1I. The molecule has 1 atom stereocenters. The van der Waals surface area contributed by atoms with Gasteiger partial charge in [-0.05, 0) is 47.9 Å². The minimum Gasteiger partial charge on any atom is -0.366 e. The first kappa shape index (κ1) is 13.5. The molecule has 1 saturated heterocycles. The number of non-ortho nitro benzene ring substituents is 1.